The molecule has 0 saturated carbocycles. The number of benzene rings is 2. The fraction of sp³-hybridized carbons (Fsp3) is 0.250. The molecule has 0 atom stereocenters. The van der Waals surface area contributed by atoms with Crippen LogP contribution >= 0.6 is 11.3 Å². The maximum atomic E-state index is 12.9. The molecular weight excluding hydrogens is 458 g/mol. The highest BCUT2D eigenvalue weighted by Crippen LogP contribution is 2.31. The second-order valence-corrected chi connectivity index (χ2v) is 9.30. The quantitative estimate of drug-likeness (QED) is 0.548. The van der Waals surface area contributed by atoms with Gasteiger partial charge in [-0.25, -0.2) is 13.6 Å². The van der Waals surface area contributed by atoms with Gasteiger partial charge < -0.3 is 18.8 Å². The van der Waals surface area contributed by atoms with Gasteiger partial charge in [0.25, 0.3) is 5.91 Å². The average Bonchev–Trinajstić information content (AvgIpc) is 3.09. The van der Waals surface area contributed by atoms with Crippen molar-refractivity contribution in [2.24, 2.45) is 10.1 Å². The molecule has 2 N–H and O–H groups in total. The number of esters is 1. The van der Waals surface area contributed by atoms with E-state index >= 15 is 0 Å². The third-order valence-electron chi connectivity index (χ3n) is 4.56. The van der Waals surface area contributed by atoms with Crippen LogP contribution in [0, 0.1) is 0 Å². The number of hydrogen-bond donors (Lipinski definition) is 1. The first-order valence-corrected chi connectivity index (χ1v) is 11.9. The van der Waals surface area contributed by atoms with Crippen molar-refractivity contribution in [1.29, 1.82) is 0 Å². The molecule has 0 fully saturated rings. The summed E-state index contributed by atoms with van der Waals surface area (Å²) in [5, 5.41) is 5.22. The zero-order valence-corrected chi connectivity index (χ0v) is 18.6. The number of nitrogens with zero attached hydrogens (tertiary/aromatic N) is 2. The third kappa shape index (κ3) is 4.52. The average molecular weight is 478 g/mol. The van der Waals surface area contributed by atoms with Gasteiger partial charge in [-0.1, -0.05) is 11.3 Å². The maximum absolute atomic E-state index is 12.9. The van der Waals surface area contributed by atoms with Crippen LogP contribution < -0.4 is 19.4 Å². The Bertz CT molecular complexity index is 1390. The van der Waals surface area contributed by atoms with E-state index in [9.17, 15) is 18.0 Å². The molecule has 0 saturated heterocycles. The molecule has 2 heterocycles. The monoisotopic (exact) mass is 477 g/mol. The van der Waals surface area contributed by atoms with E-state index in [1.54, 1.807) is 25.1 Å². The Morgan fingerprint density at radius 3 is 2.62 bits per heavy atom. The van der Waals surface area contributed by atoms with Gasteiger partial charge >= 0.3 is 5.97 Å². The van der Waals surface area contributed by atoms with Crippen molar-refractivity contribution in [1.82, 2.24) is 4.57 Å². The van der Waals surface area contributed by atoms with Crippen molar-refractivity contribution in [2.45, 2.75) is 18.4 Å². The van der Waals surface area contributed by atoms with Crippen LogP contribution in [0.1, 0.15) is 17.3 Å². The third-order valence-corrected chi connectivity index (χ3v) is 6.51. The van der Waals surface area contributed by atoms with Crippen LogP contribution in [0.15, 0.2) is 46.3 Å². The SMILES string of the molecule is CCOC(=O)Cn1c(=NC(=O)c2ccc3c(c2)OCCO3)sc2cc(S(N)(=O)=O)ccc21. The summed E-state index contributed by atoms with van der Waals surface area (Å²) in [6, 6.07) is 8.97. The van der Waals surface area contributed by atoms with Crippen LogP contribution in [0.25, 0.3) is 10.2 Å². The molecule has 2 aromatic carbocycles. The van der Waals surface area contributed by atoms with Crippen molar-refractivity contribution in [2.75, 3.05) is 19.8 Å². The zero-order chi connectivity index (χ0) is 22.9. The molecule has 0 spiro atoms. The predicted molar refractivity (Wildman–Crippen MR) is 115 cm³/mol. The molecule has 32 heavy (non-hydrogen) atoms. The Morgan fingerprint density at radius 1 is 1.16 bits per heavy atom. The minimum absolute atomic E-state index is 0.0840. The van der Waals surface area contributed by atoms with Crippen molar-refractivity contribution < 1.29 is 32.2 Å². The number of rotatable bonds is 5. The highest BCUT2D eigenvalue weighted by atomic mass is 32.2. The molecule has 1 aliphatic heterocycles. The molecule has 1 amide bonds. The fourth-order valence-corrected chi connectivity index (χ4v) is 4.81. The van der Waals surface area contributed by atoms with E-state index in [2.05, 4.69) is 4.99 Å². The Balaban J connectivity index is 1.81. The molecule has 4 rings (SSSR count). The second-order valence-electron chi connectivity index (χ2n) is 6.73. The molecule has 1 aliphatic rings. The van der Waals surface area contributed by atoms with E-state index in [1.807, 2.05) is 0 Å². The number of hydrogen-bond acceptors (Lipinski definition) is 8. The molecule has 3 aromatic rings. The van der Waals surface area contributed by atoms with Gasteiger partial charge in [-0.15, -0.1) is 0 Å². The maximum Gasteiger partial charge on any atom is 0.326 e. The van der Waals surface area contributed by atoms with E-state index in [0.717, 1.165) is 11.3 Å². The smallest absolute Gasteiger partial charge is 0.326 e. The molecule has 0 radical (unpaired) electrons. The normalized spacial score (nSPS) is 13.9. The van der Waals surface area contributed by atoms with Gasteiger partial charge in [0.2, 0.25) is 10.0 Å². The van der Waals surface area contributed by atoms with Gasteiger partial charge in [-0.2, -0.15) is 4.99 Å². The first-order valence-electron chi connectivity index (χ1n) is 9.57. The van der Waals surface area contributed by atoms with Crippen molar-refractivity contribution >= 4 is 43.5 Å². The Kier molecular flexibility index (Phi) is 6.00. The number of amides is 1. The molecule has 0 unspecified atom stereocenters. The summed E-state index contributed by atoms with van der Waals surface area (Å²) in [6.07, 6.45) is 0. The number of primary sulfonamides is 1. The van der Waals surface area contributed by atoms with Crippen LogP contribution in [0.2, 0.25) is 0 Å². The summed E-state index contributed by atoms with van der Waals surface area (Å²) in [5.74, 6) is -0.0813. The van der Waals surface area contributed by atoms with E-state index in [4.69, 9.17) is 19.3 Å². The predicted octanol–water partition coefficient (Wildman–Crippen LogP) is 1.43. The Morgan fingerprint density at radius 2 is 1.91 bits per heavy atom. The number of carbonyl (C=O) groups is 2. The number of sulfonamides is 1. The van der Waals surface area contributed by atoms with Crippen LogP contribution in [-0.4, -0.2) is 44.7 Å². The van der Waals surface area contributed by atoms with Gasteiger partial charge in [-0.05, 0) is 43.3 Å². The summed E-state index contributed by atoms with van der Waals surface area (Å²) in [4.78, 5) is 29.3. The summed E-state index contributed by atoms with van der Waals surface area (Å²) in [5.41, 5.74) is 0.795. The van der Waals surface area contributed by atoms with Crippen molar-refractivity contribution in [3.05, 3.63) is 46.8 Å². The Labute approximate surface area is 186 Å². The topological polar surface area (TPSA) is 139 Å². The Hall–Kier alpha value is -3.22. The number of thiazole rings is 1. The highest BCUT2D eigenvalue weighted by molar-refractivity contribution is 7.89. The highest BCUT2D eigenvalue weighted by Gasteiger charge is 2.18. The standard InChI is InChI=1S/C20H19N3O7S2/c1-2-28-18(24)11-23-14-5-4-13(32(21,26)27)10-17(14)31-20(23)22-19(25)12-3-6-15-16(9-12)30-8-7-29-15/h3-6,9-10H,2,7-8,11H2,1H3,(H2,21,26,27). The van der Waals surface area contributed by atoms with E-state index < -0.39 is 21.9 Å². The molecule has 0 bridgehead atoms. The van der Waals surface area contributed by atoms with Crippen molar-refractivity contribution in [3.8, 4) is 11.5 Å². The van der Waals surface area contributed by atoms with Gasteiger partial charge in [0.05, 0.1) is 21.7 Å². The molecular formula is C20H19N3O7S2. The number of fused-ring (bicyclic) bond motifs is 2. The fourth-order valence-electron chi connectivity index (χ4n) is 3.13. The lowest BCUT2D eigenvalue weighted by molar-refractivity contribution is -0.143. The van der Waals surface area contributed by atoms with Crippen molar-refractivity contribution in [3.63, 3.8) is 0 Å². The number of carbonyl (C=O) groups excluding carboxylic acids is 2. The van der Waals surface area contributed by atoms with Crippen LogP contribution in [-0.2, 0) is 26.1 Å². The summed E-state index contributed by atoms with van der Waals surface area (Å²) in [7, 11) is -3.92. The number of ether oxygens (including phenoxy) is 3. The van der Waals surface area contributed by atoms with E-state index in [0.29, 0.717) is 34.9 Å². The lowest BCUT2D eigenvalue weighted by atomic mass is 10.2. The zero-order valence-electron chi connectivity index (χ0n) is 16.9. The number of nitrogens with two attached hydrogens (primary N) is 1. The van der Waals surface area contributed by atoms with Gasteiger partial charge in [0, 0.05) is 5.56 Å². The number of aromatic nitrogens is 1. The van der Waals surface area contributed by atoms with Gasteiger partial charge in [0.1, 0.15) is 19.8 Å². The summed E-state index contributed by atoms with van der Waals surface area (Å²) >= 11 is 1.06. The van der Waals surface area contributed by atoms with E-state index in [1.165, 1.54) is 22.8 Å². The van der Waals surface area contributed by atoms with Gasteiger partial charge in [-0.3, -0.25) is 9.59 Å². The minimum atomic E-state index is -3.92. The summed E-state index contributed by atoms with van der Waals surface area (Å²) < 4.78 is 41.4. The minimum Gasteiger partial charge on any atom is -0.486 e. The molecule has 1 aromatic heterocycles. The largest absolute Gasteiger partial charge is 0.486 e. The van der Waals surface area contributed by atoms with Crippen LogP contribution in [0.4, 0.5) is 0 Å². The lowest BCUT2D eigenvalue weighted by Gasteiger charge is -2.18. The molecule has 168 valence electrons. The second kappa shape index (κ2) is 8.73. The first-order chi connectivity index (χ1) is 15.3. The van der Waals surface area contributed by atoms with Crippen LogP contribution in [0.3, 0.4) is 0 Å². The summed E-state index contributed by atoms with van der Waals surface area (Å²) in [6.45, 7) is 2.49. The first kappa shape index (κ1) is 22.0. The lowest BCUT2D eigenvalue weighted by Crippen LogP contribution is -2.23. The molecule has 10 nitrogen and oxygen atoms in total. The van der Waals surface area contributed by atoms with Crippen LogP contribution in [0.5, 0.6) is 11.5 Å². The molecule has 0 aliphatic carbocycles. The molecule has 12 heteroatoms. The van der Waals surface area contributed by atoms with E-state index in [-0.39, 0.29) is 28.4 Å². The van der Waals surface area contributed by atoms with Gasteiger partial charge in [0.15, 0.2) is 16.3 Å².